The molecule has 0 spiro atoms. The fourth-order valence-electron chi connectivity index (χ4n) is 6.23. The van der Waals surface area contributed by atoms with Crippen LogP contribution in [0.1, 0.15) is 12.3 Å². The molecule has 0 saturated carbocycles. The summed E-state index contributed by atoms with van der Waals surface area (Å²) in [5.41, 5.74) is 5.10. The molecule has 0 aliphatic heterocycles. The molecule has 2 aromatic heterocycles. The van der Waals surface area contributed by atoms with Gasteiger partial charge in [-0.05, 0) is 52.6 Å². The fourth-order valence-corrected chi connectivity index (χ4v) is 6.23. The van der Waals surface area contributed by atoms with Crippen molar-refractivity contribution in [3.8, 4) is 62.1 Å². The van der Waals surface area contributed by atoms with Crippen molar-refractivity contribution >= 4 is 21.8 Å². The van der Waals surface area contributed by atoms with Gasteiger partial charge in [0.25, 0.3) is 0 Å². The average Bonchev–Trinajstić information content (AvgIpc) is 3.63. The van der Waals surface area contributed by atoms with Gasteiger partial charge in [0.2, 0.25) is 0 Å². The maximum atomic E-state index is 9.28. The maximum Gasteiger partial charge on any atom is 0.164 e. The van der Waals surface area contributed by atoms with Crippen LogP contribution in [0.15, 0.2) is 182 Å². The van der Waals surface area contributed by atoms with Crippen LogP contribution in [0.2, 0.25) is 0 Å². The Balaban J connectivity index is 1.41. The predicted octanol–water partition coefficient (Wildman–Crippen LogP) is 11.3. The molecule has 9 rings (SSSR count). The number of nitrogens with zero attached hydrogens (tertiary/aromatic N) is 4. The van der Waals surface area contributed by atoms with Crippen molar-refractivity contribution in [2.75, 3.05) is 0 Å². The SMILES string of the molecule is [2H]c1c([2H])c([2H])c(-c2cccc3c2c2c([2H])c([2H])c([2H])c([2H])c2n3-c2cc(-c3ccccc3)cc(-c3nc(-c4ccccc4)nc(-c4ccccc4)n3)c2)c([2H])c1[2H]. The number of rotatable bonds is 6. The highest BCUT2D eigenvalue weighted by atomic mass is 15.0. The van der Waals surface area contributed by atoms with Crippen LogP contribution < -0.4 is 0 Å². The van der Waals surface area contributed by atoms with E-state index in [4.69, 9.17) is 24.5 Å². The Morgan fingerprint density at radius 2 is 0.959 bits per heavy atom. The molecule has 2 heterocycles. The summed E-state index contributed by atoms with van der Waals surface area (Å²) in [6.07, 6.45) is 0. The smallest absolute Gasteiger partial charge is 0.164 e. The van der Waals surface area contributed by atoms with Crippen LogP contribution in [-0.2, 0) is 0 Å². The fraction of sp³-hybridized carbons (Fsp3) is 0. The summed E-state index contributed by atoms with van der Waals surface area (Å²) in [5.74, 6) is 1.30. The quantitative estimate of drug-likeness (QED) is 0.183. The van der Waals surface area contributed by atoms with Crippen LogP contribution in [-0.4, -0.2) is 19.5 Å². The van der Waals surface area contributed by atoms with Crippen molar-refractivity contribution < 1.29 is 12.3 Å². The summed E-state index contributed by atoms with van der Waals surface area (Å²) in [5, 5.41) is 0.459. The molecule has 0 saturated heterocycles. The first-order chi connectivity index (χ1) is 28.0. The van der Waals surface area contributed by atoms with Crippen LogP contribution in [0.25, 0.3) is 83.9 Å². The lowest BCUT2D eigenvalue weighted by Gasteiger charge is -2.14. The molecule has 0 radical (unpaired) electrons. The molecule has 7 aromatic carbocycles. The molecule has 0 unspecified atom stereocenters. The molecule has 0 N–H and O–H groups in total. The summed E-state index contributed by atoms with van der Waals surface area (Å²) < 4.78 is 80.5. The van der Waals surface area contributed by atoms with E-state index >= 15 is 0 Å². The van der Waals surface area contributed by atoms with Crippen LogP contribution >= 0.6 is 0 Å². The van der Waals surface area contributed by atoms with E-state index in [1.807, 2.05) is 109 Å². The van der Waals surface area contributed by atoms with Gasteiger partial charge in [0.1, 0.15) is 0 Å². The molecule has 4 nitrogen and oxygen atoms in total. The largest absolute Gasteiger partial charge is 0.309 e. The number of aromatic nitrogens is 4. The highest BCUT2D eigenvalue weighted by Crippen LogP contribution is 2.40. The van der Waals surface area contributed by atoms with E-state index in [1.54, 1.807) is 22.8 Å². The zero-order valence-corrected chi connectivity index (χ0v) is 25.9. The predicted molar refractivity (Wildman–Crippen MR) is 201 cm³/mol. The van der Waals surface area contributed by atoms with E-state index in [2.05, 4.69) is 0 Å². The molecular formula is C45H30N4. The lowest BCUT2D eigenvalue weighted by Crippen LogP contribution is -2.01. The molecule has 0 bridgehead atoms. The van der Waals surface area contributed by atoms with Crippen molar-refractivity contribution in [2.45, 2.75) is 0 Å². The molecular weight excluding hydrogens is 597 g/mol. The first-order valence-corrected chi connectivity index (χ1v) is 15.7. The summed E-state index contributed by atoms with van der Waals surface area (Å²) in [4.78, 5) is 14.8. The summed E-state index contributed by atoms with van der Waals surface area (Å²) in [7, 11) is 0. The van der Waals surface area contributed by atoms with Gasteiger partial charge >= 0.3 is 0 Å². The van der Waals surface area contributed by atoms with Crippen LogP contribution in [0, 0.1) is 0 Å². The second kappa shape index (κ2) is 12.2. The number of para-hydroxylation sites is 1. The van der Waals surface area contributed by atoms with Crippen molar-refractivity contribution in [3.63, 3.8) is 0 Å². The van der Waals surface area contributed by atoms with Gasteiger partial charge in [-0.3, -0.25) is 0 Å². The molecule has 0 atom stereocenters. The van der Waals surface area contributed by atoms with Crippen molar-refractivity contribution in [1.82, 2.24) is 19.5 Å². The average molecular weight is 636 g/mol. The Morgan fingerprint density at radius 1 is 0.408 bits per heavy atom. The Bertz CT molecular complexity index is 3010. The van der Waals surface area contributed by atoms with Crippen molar-refractivity contribution in [2.24, 2.45) is 0 Å². The summed E-state index contributed by atoms with van der Waals surface area (Å²) in [6, 6.07) is 35.8. The molecule has 9 aromatic rings. The summed E-state index contributed by atoms with van der Waals surface area (Å²) in [6.45, 7) is 0. The third-order valence-electron chi connectivity index (χ3n) is 8.43. The van der Waals surface area contributed by atoms with Gasteiger partial charge in [0.15, 0.2) is 17.5 Å². The van der Waals surface area contributed by atoms with Gasteiger partial charge in [-0.1, -0.05) is 151 Å². The highest BCUT2D eigenvalue weighted by Gasteiger charge is 2.19. The Labute approximate surface area is 297 Å². The first-order valence-electron chi connectivity index (χ1n) is 20.2. The maximum absolute atomic E-state index is 9.28. The highest BCUT2D eigenvalue weighted by molar-refractivity contribution is 6.15. The Kier molecular flexibility index (Phi) is 5.11. The molecule has 230 valence electrons. The zero-order valence-electron chi connectivity index (χ0n) is 34.9. The standard InChI is InChI=1S/C45H30N4/c1-5-16-31(17-6-1)35-28-36(45-47-43(33-20-9-3-10-21-33)46-44(48-45)34-22-11-4-12-23-34)30-37(29-35)49-40-26-14-13-24-39(40)42-38(25-15-27-41(42)49)32-18-7-2-8-19-32/h1-30H/i2D,7D,8D,13D,14D,18D,19D,24D,26D. The van der Waals surface area contributed by atoms with Crippen LogP contribution in [0.4, 0.5) is 0 Å². The van der Waals surface area contributed by atoms with E-state index in [9.17, 15) is 2.74 Å². The molecule has 0 amide bonds. The third-order valence-corrected chi connectivity index (χ3v) is 8.43. The minimum absolute atomic E-state index is 0.0751. The molecule has 4 heteroatoms. The van der Waals surface area contributed by atoms with Gasteiger partial charge in [0.05, 0.1) is 23.4 Å². The minimum Gasteiger partial charge on any atom is -0.309 e. The van der Waals surface area contributed by atoms with Crippen LogP contribution in [0.3, 0.4) is 0 Å². The van der Waals surface area contributed by atoms with E-state index in [0.29, 0.717) is 39.6 Å². The molecule has 0 fully saturated rings. The number of benzene rings is 7. The van der Waals surface area contributed by atoms with Gasteiger partial charge in [-0.2, -0.15) is 0 Å². The third kappa shape index (κ3) is 5.26. The number of hydrogen-bond donors (Lipinski definition) is 0. The lowest BCUT2D eigenvalue weighted by molar-refractivity contribution is 1.07. The first kappa shape index (κ1) is 20.6. The second-order valence-electron chi connectivity index (χ2n) is 11.4. The molecule has 0 aliphatic carbocycles. The topological polar surface area (TPSA) is 43.6 Å². The van der Waals surface area contributed by atoms with Gasteiger partial charge in [-0.25, -0.2) is 15.0 Å². The van der Waals surface area contributed by atoms with Gasteiger partial charge < -0.3 is 4.57 Å². The van der Waals surface area contributed by atoms with Crippen LogP contribution in [0.5, 0.6) is 0 Å². The molecule has 49 heavy (non-hydrogen) atoms. The van der Waals surface area contributed by atoms with Gasteiger partial charge in [-0.15, -0.1) is 0 Å². The Hall–Kier alpha value is -6.65. The normalized spacial score (nSPS) is 13.8. The Morgan fingerprint density at radius 3 is 1.61 bits per heavy atom. The second-order valence-corrected chi connectivity index (χ2v) is 11.4. The zero-order chi connectivity index (χ0) is 40.4. The number of hydrogen-bond acceptors (Lipinski definition) is 3. The van der Waals surface area contributed by atoms with E-state index < -0.39 is 42.3 Å². The minimum atomic E-state index is -0.537. The lowest BCUT2D eigenvalue weighted by atomic mass is 9.99. The summed E-state index contributed by atoms with van der Waals surface area (Å²) >= 11 is 0. The monoisotopic (exact) mass is 635 g/mol. The van der Waals surface area contributed by atoms with E-state index in [-0.39, 0.29) is 34.1 Å². The van der Waals surface area contributed by atoms with Gasteiger partial charge in [0, 0.05) is 33.2 Å². The van der Waals surface area contributed by atoms with E-state index in [0.717, 1.165) is 22.3 Å². The number of fused-ring (bicyclic) bond motifs is 3. The van der Waals surface area contributed by atoms with E-state index in [1.165, 1.54) is 0 Å². The van der Waals surface area contributed by atoms with Crippen molar-refractivity contribution in [3.05, 3.63) is 182 Å². The van der Waals surface area contributed by atoms with Crippen molar-refractivity contribution in [1.29, 1.82) is 0 Å². The molecule has 0 aliphatic rings.